The van der Waals surface area contributed by atoms with Crippen molar-refractivity contribution in [1.29, 1.82) is 0 Å². The number of nitrogens with one attached hydrogen (secondary N) is 1. The zero-order valence-corrected chi connectivity index (χ0v) is 14.6. The van der Waals surface area contributed by atoms with E-state index < -0.39 is 11.9 Å². The number of carboxylic acid groups (broad SMARTS) is 1. The number of furan rings is 1. The van der Waals surface area contributed by atoms with E-state index in [1.165, 1.54) is 17.8 Å². The number of benzene rings is 1. The van der Waals surface area contributed by atoms with Crippen LogP contribution >= 0.6 is 11.8 Å². The molecule has 0 unspecified atom stereocenters. The highest BCUT2D eigenvalue weighted by molar-refractivity contribution is 7.98. The first-order chi connectivity index (χ1) is 12.0. The Kier molecular flexibility index (Phi) is 4.89. The van der Waals surface area contributed by atoms with Crippen molar-refractivity contribution in [2.24, 2.45) is 0 Å². The van der Waals surface area contributed by atoms with Gasteiger partial charge < -0.3 is 24.3 Å². The monoisotopic (exact) mass is 363 g/mol. The van der Waals surface area contributed by atoms with Gasteiger partial charge in [0.15, 0.2) is 17.3 Å². The van der Waals surface area contributed by atoms with Gasteiger partial charge in [0.1, 0.15) is 24.5 Å². The minimum absolute atomic E-state index is 0.0000794. The van der Waals surface area contributed by atoms with Crippen molar-refractivity contribution in [3.8, 4) is 11.5 Å². The van der Waals surface area contributed by atoms with Gasteiger partial charge in [-0.25, -0.2) is 4.79 Å². The molecule has 8 heteroatoms. The van der Waals surface area contributed by atoms with Crippen molar-refractivity contribution in [3.63, 3.8) is 0 Å². The number of carbonyl (C=O) groups excluding carboxylic acids is 1. The second kappa shape index (κ2) is 7.10. The van der Waals surface area contributed by atoms with Crippen molar-refractivity contribution in [1.82, 2.24) is 0 Å². The summed E-state index contributed by atoms with van der Waals surface area (Å²) in [6.07, 6.45) is 2.26. The second-order valence-electron chi connectivity index (χ2n) is 5.26. The number of hydrogen-bond donors (Lipinski definition) is 2. The molecular formula is C17H17NO6S. The molecule has 0 saturated heterocycles. The molecule has 1 aliphatic heterocycles. The van der Waals surface area contributed by atoms with Crippen molar-refractivity contribution < 1.29 is 28.6 Å². The maximum atomic E-state index is 12.5. The summed E-state index contributed by atoms with van der Waals surface area (Å²) in [5.74, 6) is -0.230. The van der Waals surface area contributed by atoms with Gasteiger partial charge in [-0.15, -0.1) is 11.8 Å². The Balaban J connectivity index is 1.89. The summed E-state index contributed by atoms with van der Waals surface area (Å²) < 4.78 is 16.5. The third-order valence-electron chi connectivity index (χ3n) is 3.70. The van der Waals surface area contributed by atoms with Gasteiger partial charge in [-0.2, -0.15) is 0 Å². The molecular weight excluding hydrogens is 346 g/mol. The standard InChI is InChI=1S/C17H17NO6S/c1-3-11-9(17(20)21)6-14(24-11)16(19)18-10-7-12-13(8-15(10)25-2)23-5-4-22-12/h6-8H,3-5H2,1-2H3,(H,18,19)(H,20,21). The molecule has 2 N–H and O–H groups in total. The Morgan fingerprint density at radius 2 is 1.88 bits per heavy atom. The smallest absolute Gasteiger partial charge is 0.339 e. The molecule has 0 saturated carbocycles. The summed E-state index contributed by atoms with van der Waals surface area (Å²) in [7, 11) is 0. The Morgan fingerprint density at radius 1 is 1.20 bits per heavy atom. The highest BCUT2D eigenvalue weighted by atomic mass is 32.2. The molecule has 0 spiro atoms. The number of thioether (sulfide) groups is 1. The van der Waals surface area contributed by atoms with E-state index in [4.69, 9.17) is 13.9 Å². The summed E-state index contributed by atoms with van der Waals surface area (Å²) in [6, 6.07) is 4.74. The lowest BCUT2D eigenvalue weighted by Gasteiger charge is -2.20. The summed E-state index contributed by atoms with van der Waals surface area (Å²) in [5.41, 5.74) is 0.549. The van der Waals surface area contributed by atoms with Crippen LogP contribution in [-0.4, -0.2) is 36.5 Å². The SMILES string of the molecule is CCc1oc(C(=O)Nc2cc3c(cc2SC)OCCO3)cc1C(=O)O. The molecule has 0 atom stereocenters. The highest BCUT2D eigenvalue weighted by Crippen LogP contribution is 2.39. The van der Waals surface area contributed by atoms with Crippen molar-refractivity contribution in [2.75, 3.05) is 24.8 Å². The Morgan fingerprint density at radius 3 is 2.44 bits per heavy atom. The van der Waals surface area contributed by atoms with E-state index in [0.717, 1.165) is 4.90 Å². The topological polar surface area (TPSA) is 98.0 Å². The van der Waals surface area contributed by atoms with E-state index in [2.05, 4.69) is 5.32 Å². The van der Waals surface area contributed by atoms with E-state index in [-0.39, 0.29) is 17.1 Å². The van der Waals surface area contributed by atoms with Gasteiger partial charge in [0.25, 0.3) is 5.91 Å². The zero-order valence-electron chi connectivity index (χ0n) is 13.8. The highest BCUT2D eigenvalue weighted by Gasteiger charge is 2.22. The maximum absolute atomic E-state index is 12.5. The Hall–Kier alpha value is -2.61. The molecule has 1 amide bonds. The molecule has 2 heterocycles. The number of aryl methyl sites for hydroxylation is 1. The quantitative estimate of drug-likeness (QED) is 0.787. The van der Waals surface area contributed by atoms with Crippen molar-refractivity contribution in [3.05, 3.63) is 35.3 Å². The van der Waals surface area contributed by atoms with Crippen LogP contribution in [0.4, 0.5) is 5.69 Å². The van der Waals surface area contributed by atoms with Gasteiger partial charge in [-0.3, -0.25) is 4.79 Å². The molecule has 1 aromatic heterocycles. The number of fused-ring (bicyclic) bond motifs is 1. The molecule has 0 fully saturated rings. The van der Waals surface area contributed by atoms with Crippen LogP contribution in [0.2, 0.25) is 0 Å². The number of carbonyl (C=O) groups is 2. The number of aromatic carboxylic acids is 1. The van der Waals surface area contributed by atoms with E-state index in [1.54, 1.807) is 19.1 Å². The number of anilines is 1. The predicted octanol–water partition coefficient (Wildman–Crippen LogP) is 3.29. The maximum Gasteiger partial charge on any atom is 0.339 e. The molecule has 7 nitrogen and oxygen atoms in total. The third kappa shape index (κ3) is 3.43. The van der Waals surface area contributed by atoms with Crippen LogP contribution < -0.4 is 14.8 Å². The number of carboxylic acids is 1. The van der Waals surface area contributed by atoms with Crippen LogP contribution in [-0.2, 0) is 6.42 Å². The average molecular weight is 363 g/mol. The number of hydrogen-bond acceptors (Lipinski definition) is 6. The molecule has 0 radical (unpaired) electrons. The lowest BCUT2D eigenvalue weighted by Crippen LogP contribution is -2.17. The van der Waals surface area contributed by atoms with Crippen molar-refractivity contribution >= 4 is 29.3 Å². The summed E-state index contributed by atoms with van der Waals surface area (Å²) in [4.78, 5) is 24.5. The van der Waals surface area contributed by atoms with Gasteiger partial charge >= 0.3 is 5.97 Å². The average Bonchev–Trinajstić information content (AvgIpc) is 3.06. The molecule has 1 aromatic carbocycles. The van der Waals surface area contributed by atoms with Crippen LogP contribution in [0.25, 0.3) is 0 Å². The molecule has 0 bridgehead atoms. The first-order valence-corrected chi connectivity index (χ1v) is 8.91. The van der Waals surface area contributed by atoms with Crippen LogP contribution in [0.5, 0.6) is 11.5 Å². The summed E-state index contributed by atoms with van der Waals surface area (Å²) >= 11 is 1.45. The molecule has 2 aromatic rings. The van der Waals surface area contributed by atoms with Gasteiger partial charge in [-0.05, 0) is 12.3 Å². The Bertz CT molecular complexity index is 829. The van der Waals surface area contributed by atoms with E-state index >= 15 is 0 Å². The fourth-order valence-electron chi connectivity index (χ4n) is 2.50. The first kappa shape index (κ1) is 17.2. The fraction of sp³-hybridized carbons (Fsp3) is 0.294. The first-order valence-electron chi connectivity index (χ1n) is 7.68. The molecule has 3 rings (SSSR count). The van der Waals surface area contributed by atoms with Crippen LogP contribution in [0.15, 0.2) is 27.5 Å². The van der Waals surface area contributed by atoms with Gasteiger partial charge in [0, 0.05) is 23.4 Å². The second-order valence-corrected chi connectivity index (χ2v) is 6.10. The van der Waals surface area contributed by atoms with Crippen LogP contribution in [0.1, 0.15) is 33.6 Å². The van der Waals surface area contributed by atoms with Gasteiger partial charge in [0.05, 0.1) is 5.69 Å². The van der Waals surface area contributed by atoms with E-state index in [9.17, 15) is 14.7 Å². The number of rotatable bonds is 5. The van der Waals surface area contributed by atoms with E-state index in [0.29, 0.717) is 36.8 Å². The molecule has 25 heavy (non-hydrogen) atoms. The largest absolute Gasteiger partial charge is 0.486 e. The molecule has 1 aliphatic rings. The predicted molar refractivity (Wildman–Crippen MR) is 92.2 cm³/mol. The lowest BCUT2D eigenvalue weighted by atomic mass is 10.2. The zero-order chi connectivity index (χ0) is 18.0. The summed E-state index contributed by atoms with van der Waals surface area (Å²) in [5, 5.41) is 11.9. The Labute approximate surface area is 148 Å². The lowest BCUT2D eigenvalue weighted by molar-refractivity contribution is 0.0694. The molecule has 0 aliphatic carbocycles. The van der Waals surface area contributed by atoms with Crippen LogP contribution in [0, 0.1) is 0 Å². The minimum Gasteiger partial charge on any atom is -0.486 e. The number of ether oxygens (including phenoxy) is 2. The third-order valence-corrected chi connectivity index (χ3v) is 4.47. The van der Waals surface area contributed by atoms with Crippen LogP contribution in [0.3, 0.4) is 0 Å². The van der Waals surface area contributed by atoms with Gasteiger partial charge in [-0.1, -0.05) is 6.92 Å². The normalized spacial score (nSPS) is 12.7. The summed E-state index contributed by atoms with van der Waals surface area (Å²) in [6.45, 7) is 2.69. The van der Waals surface area contributed by atoms with E-state index in [1.807, 2.05) is 6.26 Å². The van der Waals surface area contributed by atoms with Gasteiger partial charge in [0.2, 0.25) is 0 Å². The van der Waals surface area contributed by atoms with Crippen molar-refractivity contribution in [2.45, 2.75) is 18.2 Å². The fourth-order valence-corrected chi connectivity index (χ4v) is 3.06. The minimum atomic E-state index is -1.12. The number of amides is 1. The molecule has 132 valence electrons.